The lowest BCUT2D eigenvalue weighted by molar-refractivity contribution is -0.139. The lowest BCUT2D eigenvalue weighted by Crippen LogP contribution is -2.56. The van der Waals surface area contributed by atoms with Gasteiger partial charge in [-0.05, 0) is 37.6 Å². The highest BCUT2D eigenvalue weighted by Crippen LogP contribution is 2.29. The molecular formula is C25H33F2N5O3. The largest absolute Gasteiger partial charge is 0.378 e. The summed E-state index contributed by atoms with van der Waals surface area (Å²) in [6, 6.07) is 2.56. The molecule has 190 valence electrons. The first-order chi connectivity index (χ1) is 16.6. The number of aromatic nitrogens is 2. The van der Waals surface area contributed by atoms with Crippen LogP contribution in [0.25, 0.3) is 11.4 Å². The number of carbonyl (C=O) groups excluding carboxylic acids is 2. The molecule has 0 spiro atoms. The zero-order valence-corrected chi connectivity index (χ0v) is 20.7. The number of nitrogens with one attached hydrogen (secondary N) is 1. The predicted octanol–water partition coefficient (Wildman–Crippen LogP) is 2.67. The summed E-state index contributed by atoms with van der Waals surface area (Å²) in [7, 11) is 1.95. The number of benzene rings is 1. The number of hydrogen-bond donors (Lipinski definition) is 1. The molecule has 10 heteroatoms. The van der Waals surface area contributed by atoms with Crippen LogP contribution in [0.3, 0.4) is 0 Å². The van der Waals surface area contributed by atoms with E-state index in [-0.39, 0.29) is 23.0 Å². The Morgan fingerprint density at radius 2 is 1.83 bits per heavy atom. The first-order valence-electron chi connectivity index (χ1n) is 12.0. The molecule has 1 N–H and O–H groups in total. The van der Waals surface area contributed by atoms with Crippen molar-refractivity contribution in [1.29, 1.82) is 0 Å². The summed E-state index contributed by atoms with van der Waals surface area (Å²) >= 11 is 0. The van der Waals surface area contributed by atoms with Crippen LogP contribution in [0.1, 0.15) is 43.4 Å². The molecule has 2 aliphatic rings. The number of imidazole rings is 1. The SMILES string of the molecule is CN1CCCn2c(-c3ccc(F)cc3F)nc(C(=O)NC(C(=O)N3CCOCC3)C(C)(C)C)c2C1. The van der Waals surface area contributed by atoms with Crippen LogP contribution in [0.15, 0.2) is 18.2 Å². The first-order valence-corrected chi connectivity index (χ1v) is 12.0. The fourth-order valence-corrected chi connectivity index (χ4v) is 4.59. The third-order valence-corrected chi connectivity index (χ3v) is 6.51. The summed E-state index contributed by atoms with van der Waals surface area (Å²) < 4.78 is 35.5. The summed E-state index contributed by atoms with van der Waals surface area (Å²) in [6.45, 7) is 9.35. The summed E-state index contributed by atoms with van der Waals surface area (Å²) in [5, 5.41) is 2.93. The number of fused-ring (bicyclic) bond motifs is 1. The van der Waals surface area contributed by atoms with E-state index >= 15 is 0 Å². The second kappa shape index (κ2) is 10.0. The third-order valence-electron chi connectivity index (χ3n) is 6.51. The number of halogens is 2. The van der Waals surface area contributed by atoms with Crippen molar-refractivity contribution in [3.63, 3.8) is 0 Å². The molecule has 4 rings (SSSR count). The Kier molecular flexibility index (Phi) is 7.23. The second-order valence-electron chi connectivity index (χ2n) is 10.3. The van der Waals surface area contributed by atoms with Gasteiger partial charge in [-0.2, -0.15) is 0 Å². The van der Waals surface area contributed by atoms with E-state index in [1.165, 1.54) is 12.1 Å². The highest BCUT2D eigenvalue weighted by Gasteiger charge is 2.38. The van der Waals surface area contributed by atoms with Gasteiger partial charge in [0.2, 0.25) is 5.91 Å². The molecule has 1 aromatic carbocycles. The number of carbonyl (C=O) groups is 2. The third kappa shape index (κ3) is 5.38. The maximum Gasteiger partial charge on any atom is 0.272 e. The van der Waals surface area contributed by atoms with E-state index in [1.54, 1.807) is 4.90 Å². The summed E-state index contributed by atoms with van der Waals surface area (Å²) in [5.74, 6) is -1.79. The monoisotopic (exact) mass is 489 g/mol. The van der Waals surface area contributed by atoms with E-state index in [0.717, 1.165) is 19.0 Å². The number of nitrogens with zero attached hydrogens (tertiary/aromatic N) is 4. The molecule has 3 heterocycles. The van der Waals surface area contributed by atoms with Gasteiger partial charge in [-0.25, -0.2) is 13.8 Å². The van der Waals surface area contributed by atoms with Crippen molar-refractivity contribution in [2.24, 2.45) is 5.41 Å². The molecular weight excluding hydrogens is 456 g/mol. The van der Waals surface area contributed by atoms with Crippen LogP contribution in [0.4, 0.5) is 8.78 Å². The summed E-state index contributed by atoms with van der Waals surface area (Å²) in [4.78, 5) is 35.3. The molecule has 2 amide bonds. The average molecular weight is 490 g/mol. The molecule has 0 aliphatic carbocycles. The van der Waals surface area contributed by atoms with Gasteiger partial charge in [-0.1, -0.05) is 20.8 Å². The standard InChI is InChI=1S/C25H33F2N5O3/c1-25(2,3)21(24(34)31-10-12-35-13-11-31)29-23(33)20-19-15-30(4)8-5-9-32(19)22(28-20)17-7-6-16(26)14-18(17)27/h6-7,14,21H,5,8-13,15H2,1-4H3,(H,29,33). The minimum Gasteiger partial charge on any atom is -0.378 e. The molecule has 0 radical (unpaired) electrons. The molecule has 1 atom stereocenters. The zero-order valence-electron chi connectivity index (χ0n) is 20.7. The average Bonchev–Trinajstić information content (AvgIpc) is 3.02. The number of ether oxygens (including phenoxy) is 1. The van der Waals surface area contributed by atoms with Crippen molar-refractivity contribution < 1.29 is 23.1 Å². The summed E-state index contributed by atoms with van der Waals surface area (Å²) in [5.41, 5.74) is 0.381. The van der Waals surface area contributed by atoms with Crippen LogP contribution in [-0.2, 0) is 22.6 Å². The van der Waals surface area contributed by atoms with Crippen molar-refractivity contribution in [3.8, 4) is 11.4 Å². The topological polar surface area (TPSA) is 79.7 Å². The number of hydrogen-bond acceptors (Lipinski definition) is 5. The smallest absolute Gasteiger partial charge is 0.272 e. The van der Waals surface area contributed by atoms with Crippen molar-refractivity contribution in [3.05, 3.63) is 41.2 Å². The highest BCUT2D eigenvalue weighted by molar-refractivity contribution is 5.98. The van der Waals surface area contributed by atoms with Crippen molar-refractivity contribution in [2.45, 2.75) is 46.3 Å². The van der Waals surface area contributed by atoms with E-state index in [1.807, 2.05) is 32.4 Å². The van der Waals surface area contributed by atoms with E-state index in [9.17, 15) is 18.4 Å². The van der Waals surface area contributed by atoms with E-state index in [0.29, 0.717) is 45.1 Å². The van der Waals surface area contributed by atoms with E-state index < -0.39 is 29.0 Å². The van der Waals surface area contributed by atoms with E-state index in [2.05, 4.69) is 15.2 Å². The highest BCUT2D eigenvalue weighted by atomic mass is 19.1. The maximum absolute atomic E-state index is 14.7. The van der Waals surface area contributed by atoms with Crippen LogP contribution in [-0.4, -0.2) is 77.1 Å². The Bertz CT molecular complexity index is 1110. The normalized spacial score (nSPS) is 18.1. The van der Waals surface area contributed by atoms with Gasteiger partial charge in [0.1, 0.15) is 23.5 Å². The van der Waals surface area contributed by atoms with Crippen LogP contribution in [0, 0.1) is 17.0 Å². The van der Waals surface area contributed by atoms with Crippen LogP contribution >= 0.6 is 0 Å². The minimum absolute atomic E-state index is 0.132. The van der Waals surface area contributed by atoms with Crippen LogP contribution in [0.2, 0.25) is 0 Å². The Morgan fingerprint density at radius 3 is 2.49 bits per heavy atom. The molecule has 0 bridgehead atoms. The molecule has 1 fully saturated rings. The van der Waals surface area contributed by atoms with Gasteiger partial charge >= 0.3 is 0 Å². The minimum atomic E-state index is -0.778. The Balaban J connectivity index is 1.71. The Labute approximate surface area is 204 Å². The number of morpholine rings is 1. The zero-order chi connectivity index (χ0) is 25.3. The van der Waals surface area contributed by atoms with Gasteiger partial charge in [0.25, 0.3) is 5.91 Å². The number of amides is 2. The Hall–Kier alpha value is -2.85. The Morgan fingerprint density at radius 1 is 1.11 bits per heavy atom. The second-order valence-corrected chi connectivity index (χ2v) is 10.3. The lowest BCUT2D eigenvalue weighted by Gasteiger charge is -2.36. The molecule has 1 unspecified atom stereocenters. The molecule has 2 aromatic rings. The number of rotatable bonds is 4. The maximum atomic E-state index is 14.7. The van der Waals surface area contributed by atoms with Gasteiger partial charge in [-0.15, -0.1) is 0 Å². The summed E-state index contributed by atoms with van der Waals surface area (Å²) in [6.07, 6.45) is 0.789. The van der Waals surface area contributed by atoms with Crippen molar-refractivity contribution in [1.82, 2.24) is 24.7 Å². The van der Waals surface area contributed by atoms with Crippen LogP contribution < -0.4 is 5.32 Å². The van der Waals surface area contributed by atoms with Gasteiger partial charge in [0, 0.05) is 32.2 Å². The molecule has 2 aliphatic heterocycles. The first kappa shape index (κ1) is 25.2. The van der Waals surface area contributed by atoms with Crippen molar-refractivity contribution >= 4 is 11.8 Å². The van der Waals surface area contributed by atoms with Crippen LogP contribution in [0.5, 0.6) is 0 Å². The fourth-order valence-electron chi connectivity index (χ4n) is 4.59. The molecule has 1 saturated heterocycles. The van der Waals surface area contributed by atoms with Gasteiger partial charge in [0.15, 0.2) is 5.69 Å². The predicted molar refractivity (Wildman–Crippen MR) is 127 cm³/mol. The fraction of sp³-hybridized carbons (Fsp3) is 0.560. The van der Waals surface area contributed by atoms with Gasteiger partial charge in [0.05, 0.1) is 24.5 Å². The van der Waals surface area contributed by atoms with Gasteiger partial charge in [-0.3, -0.25) is 9.59 Å². The van der Waals surface area contributed by atoms with E-state index in [4.69, 9.17) is 4.74 Å². The lowest BCUT2D eigenvalue weighted by atomic mass is 9.85. The molecule has 8 nitrogen and oxygen atoms in total. The molecule has 35 heavy (non-hydrogen) atoms. The molecule has 1 aromatic heterocycles. The van der Waals surface area contributed by atoms with Crippen molar-refractivity contribution in [2.75, 3.05) is 39.9 Å². The quantitative estimate of drug-likeness (QED) is 0.715. The molecule has 0 saturated carbocycles. The van der Waals surface area contributed by atoms with Gasteiger partial charge < -0.3 is 24.4 Å².